The van der Waals surface area contributed by atoms with Crippen molar-refractivity contribution >= 4 is 29.1 Å². The third kappa shape index (κ3) is 3.85. The summed E-state index contributed by atoms with van der Waals surface area (Å²) in [4.78, 5) is 11.1. The number of carbonyl (C=O) groups is 1. The van der Waals surface area contributed by atoms with Crippen LogP contribution in [0.1, 0.15) is 10.4 Å². The minimum absolute atomic E-state index is 0.411. The van der Waals surface area contributed by atoms with Crippen LogP contribution in [0.25, 0.3) is 0 Å². The Kier molecular flexibility index (Phi) is 4.82. The number of halogens is 2. The van der Waals surface area contributed by atoms with E-state index in [1.54, 1.807) is 36.5 Å². The van der Waals surface area contributed by atoms with Crippen LogP contribution in [0.4, 0.5) is 0 Å². The van der Waals surface area contributed by atoms with Gasteiger partial charge in [-0.3, -0.25) is 4.79 Å². The predicted molar refractivity (Wildman–Crippen MR) is 77.1 cm³/mol. The number of hydrogen-bond acceptors (Lipinski definition) is 2. The van der Waals surface area contributed by atoms with Gasteiger partial charge in [0.1, 0.15) is 17.9 Å². The first kappa shape index (κ1) is 14.6. The van der Waals surface area contributed by atoms with Gasteiger partial charge in [0.25, 0.3) is 5.91 Å². The number of carbonyl (C=O) groups excluding carboxylic acids is 1. The molecule has 0 aliphatic heterocycles. The Morgan fingerprint density at radius 2 is 2.10 bits per heavy atom. The summed E-state index contributed by atoms with van der Waals surface area (Å²) in [5, 5.41) is 1.03. The number of amides is 1. The molecular weight excluding hydrogens is 299 g/mol. The van der Waals surface area contributed by atoms with E-state index in [1.165, 1.54) is 0 Å². The van der Waals surface area contributed by atoms with Gasteiger partial charge in [-0.1, -0.05) is 23.2 Å². The summed E-state index contributed by atoms with van der Waals surface area (Å²) in [7, 11) is 0. The van der Waals surface area contributed by atoms with Crippen molar-refractivity contribution in [1.82, 2.24) is 0 Å². The molecule has 0 aliphatic rings. The average Bonchev–Trinajstić information content (AvgIpc) is 2.41. The third-order valence-corrected chi connectivity index (χ3v) is 3.17. The summed E-state index contributed by atoms with van der Waals surface area (Å²) in [5.41, 5.74) is 5.68. The average molecular weight is 312 g/mol. The van der Waals surface area contributed by atoms with E-state index in [1.807, 2.05) is 10.8 Å². The first-order valence-corrected chi connectivity index (χ1v) is 6.68. The fraction of sp³-hybridized carbons (Fsp3) is 0.143. The molecule has 1 amide bonds. The molecule has 0 saturated carbocycles. The van der Waals surface area contributed by atoms with Crippen LogP contribution < -0.4 is 15.0 Å². The summed E-state index contributed by atoms with van der Waals surface area (Å²) in [6.07, 6.45) is 3.51. The molecule has 0 aliphatic carbocycles. The van der Waals surface area contributed by atoms with Gasteiger partial charge in [0, 0.05) is 11.1 Å². The number of benzene rings is 1. The monoisotopic (exact) mass is 311 g/mol. The van der Waals surface area contributed by atoms with Crippen LogP contribution in [0.15, 0.2) is 42.7 Å². The standard InChI is InChI=1S/C14H12Cl2N2O2/c15-11-3-4-13(12(16)8-11)20-7-6-18-5-1-2-10(9-18)14(17)19/h1-5,8-9H,6-7H2,(H-,17,19)/p+1. The predicted octanol–water partition coefficient (Wildman–Crippen LogP) is 2.46. The molecule has 0 saturated heterocycles. The summed E-state index contributed by atoms with van der Waals surface area (Å²) in [6.45, 7) is 0.980. The molecule has 20 heavy (non-hydrogen) atoms. The zero-order chi connectivity index (χ0) is 14.5. The molecule has 0 radical (unpaired) electrons. The van der Waals surface area contributed by atoms with Gasteiger partial charge in [-0.25, -0.2) is 4.57 Å². The molecular formula is C14H13Cl2N2O2+. The van der Waals surface area contributed by atoms with Crippen molar-refractivity contribution in [3.05, 3.63) is 58.3 Å². The number of hydrogen-bond donors (Lipinski definition) is 1. The van der Waals surface area contributed by atoms with Crippen LogP contribution in [0, 0.1) is 0 Å². The van der Waals surface area contributed by atoms with Crippen molar-refractivity contribution in [3.63, 3.8) is 0 Å². The molecule has 104 valence electrons. The second kappa shape index (κ2) is 6.59. The number of primary amides is 1. The van der Waals surface area contributed by atoms with E-state index in [-0.39, 0.29) is 0 Å². The maximum atomic E-state index is 11.1. The highest BCUT2D eigenvalue weighted by Gasteiger charge is 2.08. The number of nitrogens with zero attached hydrogens (tertiary/aromatic N) is 1. The lowest BCUT2D eigenvalue weighted by Gasteiger charge is -2.06. The highest BCUT2D eigenvalue weighted by atomic mass is 35.5. The van der Waals surface area contributed by atoms with E-state index in [0.29, 0.717) is 34.5 Å². The summed E-state index contributed by atoms with van der Waals surface area (Å²) in [5.74, 6) is 0.115. The Hall–Kier alpha value is -1.78. The number of nitrogens with two attached hydrogens (primary N) is 1. The SMILES string of the molecule is NC(=O)c1ccc[n+](CCOc2ccc(Cl)cc2Cl)c1. The first-order valence-electron chi connectivity index (χ1n) is 5.93. The second-order valence-corrected chi connectivity index (χ2v) is 4.96. The van der Waals surface area contributed by atoms with Crippen LogP contribution >= 0.6 is 23.2 Å². The van der Waals surface area contributed by atoms with Crippen molar-refractivity contribution in [2.45, 2.75) is 6.54 Å². The third-order valence-electron chi connectivity index (χ3n) is 2.64. The molecule has 2 aromatic rings. The zero-order valence-corrected chi connectivity index (χ0v) is 12.1. The van der Waals surface area contributed by atoms with Gasteiger partial charge in [0.05, 0.1) is 5.02 Å². The molecule has 0 unspecified atom stereocenters. The van der Waals surface area contributed by atoms with Gasteiger partial charge in [0.15, 0.2) is 18.9 Å². The normalized spacial score (nSPS) is 10.3. The van der Waals surface area contributed by atoms with Crippen LogP contribution in [-0.4, -0.2) is 12.5 Å². The highest BCUT2D eigenvalue weighted by Crippen LogP contribution is 2.27. The lowest BCUT2D eigenvalue weighted by molar-refractivity contribution is -0.697. The van der Waals surface area contributed by atoms with Crippen molar-refractivity contribution in [2.75, 3.05) is 6.61 Å². The smallest absolute Gasteiger partial charge is 0.254 e. The van der Waals surface area contributed by atoms with Gasteiger partial charge in [-0.05, 0) is 24.3 Å². The summed E-state index contributed by atoms with van der Waals surface area (Å²) >= 11 is 11.8. The van der Waals surface area contributed by atoms with Crippen LogP contribution in [-0.2, 0) is 6.54 Å². The van der Waals surface area contributed by atoms with Gasteiger partial charge in [0.2, 0.25) is 0 Å². The molecule has 1 aromatic heterocycles. The van der Waals surface area contributed by atoms with Gasteiger partial charge in [-0.15, -0.1) is 0 Å². The highest BCUT2D eigenvalue weighted by molar-refractivity contribution is 6.35. The lowest BCUT2D eigenvalue weighted by Crippen LogP contribution is -2.37. The Balaban J connectivity index is 1.96. The maximum absolute atomic E-state index is 11.1. The number of aromatic nitrogens is 1. The molecule has 6 heteroatoms. The quantitative estimate of drug-likeness (QED) is 0.862. The largest absolute Gasteiger partial charge is 0.485 e. The van der Waals surface area contributed by atoms with Crippen molar-refractivity contribution in [2.24, 2.45) is 5.73 Å². The van der Waals surface area contributed by atoms with E-state index in [2.05, 4.69) is 0 Å². The second-order valence-electron chi connectivity index (χ2n) is 4.12. The van der Waals surface area contributed by atoms with Gasteiger partial charge >= 0.3 is 0 Å². The molecule has 0 spiro atoms. The number of ether oxygens (including phenoxy) is 1. The van der Waals surface area contributed by atoms with E-state index in [0.717, 1.165) is 0 Å². The molecule has 0 atom stereocenters. The molecule has 4 nitrogen and oxygen atoms in total. The van der Waals surface area contributed by atoms with E-state index < -0.39 is 5.91 Å². The Labute approximate surface area is 126 Å². The van der Waals surface area contributed by atoms with Crippen molar-refractivity contribution in [1.29, 1.82) is 0 Å². The summed E-state index contributed by atoms with van der Waals surface area (Å²) in [6, 6.07) is 8.48. The molecule has 0 bridgehead atoms. The zero-order valence-electron chi connectivity index (χ0n) is 10.6. The first-order chi connectivity index (χ1) is 9.56. The lowest BCUT2D eigenvalue weighted by atomic mass is 10.3. The van der Waals surface area contributed by atoms with Crippen LogP contribution in [0.2, 0.25) is 10.0 Å². The summed E-state index contributed by atoms with van der Waals surface area (Å²) < 4.78 is 7.39. The van der Waals surface area contributed by atoms with Crippen molar-refractivity contribution < 1.29 is 14.1 Å². The molecule has 0 fully saturated rings. The minimum atomic E-state index is -0.457. The maximum Gasteiger partial charge on any atom is 0.254 e. The molecule has 2 rings (SSSR count). The van der Waals surface area contributed by atoms with E-state index in [9.17, 15) is 4.79 Å². The number of rotatable bonds is 5. The minimum Gasteiger partial charge on any atom is -0.485 e. The fourth-order valence-electron chi connectivity index (χ4n) is 1.66. The van der Waals surface area contributed by atoms with Crippen LogP contribution in [0.3, 0.4) is 0 Å². The fourth-order valence-corrected chi connectivity index (χ4v) is 2.12. The van der Waals surface area contributed by atoms with E-state index in [4.69, 9.17) is 33.7 Å². The Morgan fingerprint density at radius 3 is 2.80 bits per heavy atom. The van der Waals surface area contributed by atoms with Crippen LogP contribution in [0.5, 0.6) is 5.75 Å². The topological polar surface area (TPSA) is 56.2 Å². The van der Waals surface area contributed by atoms with Gasteiger partial charge < -0.3 is 10.5 Å². The molecule has 1 heterocycles. The molecule has 1 aromatic carbocycles. The molecule has 2 N–H and O–H groups in total. The Morgan fingerprint density at radius 1 is 1.30 bits per heavy atom. The Bertz CT molecular complexity index is 632. The van der Waals surface area contributed by atoms with E-state index >= 15 is 0 Å². The van der Waals surface area contributed by atoms with Crippen molar-refractivity contribution in [3.8, 4) is 5.75 Å². The number of pyridine rings is 1. The van der Waals surface area contributed by atoms with Gasteiger partial charge in [-0.2, -0.15) is 0 Å².